The van der Waals surface area contributed by atoms with Gasteiger partial charge in [0.05, 0.1) is 19.9 Å². The molecule has 3 rings (SSSR count). The van der Waals surface area contributed by atoms with Gasteiger partial charge in [-0.2, -0.15) is 5.10 Å². The summed E-state index contributed by atoms with van der Waals surface area (Å²) in [6.07, 6.45) is 8.93. The Morgan fingerprint density at radius 1 is 0.816 bits per heavy atom. The monoisotopic (exact) mass is 518 g/mol. The molecule has 3 aromatic carbocycles. The van der Waals surface area contributed by atoms with Crippen LogP contribution in [0.4, 0.5) is 0 Å². The van der Waals surface area contributed by atoms with Crippen LogP contribution in [0.2, 0.25) is 0 Å². The number of hydrogen-bond acceptors (Lipinski definition) is 6. The van der Waals surface area contributed by atoms with E-state index in [-0.39, 0.29) is 12.5 Å². The molecule has 202 valence electrons. The lowest BCUT2D eigenvalue weighted by Gasteiger charge is -2.10. The van der Waals surface area contributed by atoms with E-state index < -0.39 is 0 Å². The van der Waals surface area contributed by atoms with E-state index in [9.17, 15) is 4.79 Å². The molecule has 0 spiro atoms. The molecule has 0 aliphatic rings. The number of hydrazone groups is 1. The molecule has 0 aromatic heterocycles. The maximum absolute atomic E-state index is 12.2. The summed E-state index contributed by atoms with van der Waals surface area (Å²) >= 11 is 0. The summed E-state index contributed by atoms with van der Waals surface area (Å²) < 4.78 is 22.5. The molecule has 7 nitrogen and oxygen atoms in total. The zero-order valence-electron chi connectivity index (χ0n) is 22.4. The van der Waals surface area contributed by atoms with Crippen LogP contribution in [0.5, 0.6) is 23.0 Å². The van der Waals surface area contributed by atoms with E-state index in [0.717, 1.165) is 29.0 Å². The molecule has 0 radical (unpaired) electrons. The molecule has 3 aromatic rings. The van der Waals surface area contributed by atoms with Gasteiger partial charge in [-0.25, -0.2) is 5.43 Å². The van der Waals surface area contributed by atoms with Crippen molar-refractivity contribution >= 4 is 12.1 Å². The number of benzene rings is 3. The van der Waals surface area contributed by atoms with Gasteiger partial charge in [-0.3, -0.25) is 4.79 Å². The lowest BCUT2D eigenvalue weighted by atomic mass is 10.1. The smallest absolute Gasteiger partial charge is 0.277 e. The van der Waals surface area contributed by atoms with Gasteiger partial charge in [0, 0.05) is 5.56 Å². The predicted molar refractivity (Wildman–Crippen MR) is 150 cm³/mol. The van der Waals surface area contributed by atoms with E-state index in [1.807, 2.05) is 60.7 Å². The number of carbonyl (C=O) groups is 1. The third-order valence-corrected chi connectivity index (χ3v) is 5.80. The Morgan fingerprint density at radius 3 is 2.34 bits per heavy atom. The van der Waals surface area contributed by atoms with E-state index in [0.29, 0.717) is 24.7 Å². The first-order valence-corrected chi connectivity index (χ1v) is 13.2. The molecule has 0 heterocycles. The van der Waals surface area contributed by atoms with Crippen molar-refractivity contribution in [3.8, 4) is 23.0 Å². The number of hydrogen-bond donors (Lipinski definition) is 1. The maximum Gasteiger partial charge on any atom is 0.277 e. The Morgan fingerprint density at radius 2 is 1.55 bits per heavy atom. The fourth-order valence-corrected chi connectivity index (χ4v) is 3.70. The average Bonchev–Trinajstić information content (AvgIpc) is 2.96. The second-order valence-electron chi connectivity index (χ2n) is 8.85. The SMILES string of the molecule is CCCCCCCCOc1ccc(OCC(=O)N/N=C/c2ccccc2OCc2cccc(OC)c2)cc1. The number of amides is 1. The molecule has 7 heteroatoms. The van der Waals surface area contributed by atoms with Crippen LogP contribution >= 0.6 is 0 Å². The van der Waals surface area contributed by atoms with E-state index in [2.05, 4.69) is 17.5 Å². The molecule has 1 amide bonds. The molecule has 0 fully saturated rings. The van der Waals surface area contributed by atoms with Crippen LogP contribution in [-0.2, 0) is 11.4 Å². The van der Waals surface area contributed by atoms with Gasteiger partial charge in [-0.1, -0.05) is 63.3 Å². The molecule has 38 heavy (non-hydrogen) atoms. The highest BCUT2D eigenvalue weighted by atomic mass is 16.5. The summed E-state index contributed by atoms with van der Waals surface area (Å²) in [6.45, 7) is 3.16. The Kier molecular flexibility index (Phi) is 12.5. The predicted octanol–water partition coefficient (Wildman–Crippen LogP) is 6.54. The van der Waals surface area contributed by atoms with Crippen LogP contribution in [0.15, 0.2) is 77.9 Å². The zero-order valence-corrected chi connectivity index (χ0v) is 22.4. The average molecular weight is 519 g/mol. The van der Waals surface area contributed by atoms with E-state index in [1.54, 1.807) is 25.5 Å². The quantitative estimate of drug-likeness (QED) is 0.125. The number of nitrogens with zero attached hydrogens (tertiary/aromatic N) is 1. The van der Waals surface area contributed by atoms with Crippen LogP contribution in [0, 0.1) is 0 Å². The lowest BCUT2D eigenvalue weighted by molar-refractivity contribution is -0.123. The molecule has 0 atom stereocenters. The van der Waals surface area contributed by atoms with Gasteiger partial charge >= 0.3 is 0 Å². The number of rotatable bonds is 17. The van der Waals surface area contributed by atoms with Crippen molar-refractivity contribution in [1.29, 1.82) is 0 Å². The zero-order chi connectivity index (χ0) is 26.8. The minimum Gasteiger partial charge on any atom is -0.497 e. The third kappa shape index (κ3) is 10.5. The van der Waals surface area contributed by atoms with Gasteiger partial charge in [0.1, 0.15) is 29.6 Å². The van der Waals surface area contributed by atoms with Crippen LogP contribution in [-0.4, -0.2) is 32.4 Å². The van der Waals surface area contributed by atoms with Crippen LogP contribution in [0.25, 0.3) is 0 Å². The Labute approximate surface area is 225 Å². The minimum absolute atomic E-state index is 0.150. The van der Waals surface area contributed by atoms with Gasteiger partial charge in [-0.15, -0.1) is 0 Å². The molecule has 0 aliphatic heterocycles. The van der Waals surface area contributed by atoms with Gasteiger partial charge < -0.3 is 18.9 Å². The largest absolute Gasteiger partial charge is 0.497 e. The molecular formula is C31H38N2O5. The Balaban J connectivity index is 1.37. The van der Waals surface area contributed by atoms with Crippen molar-refractivity contribution < 1.29 is 23.7 Å². The molecule has 0 unspecified atom stereocenters. The van der Waals surface area contributed by atoms with Crippen molar-refractivity contribution in [2.24, 2.45) is 5.10 Å². The standard InChI is InChI=1S/C31H38N2O5/c1-3-4-5-6-7-10-20-36-27-16-18-28(19-17-27)37-24-31(34)33-32-22-26-13-8-9-15-30(26)38-23-25-12-11-14-29(21-25)35-2/h8-9,11-19,21-22H,3-7,10,20,23-24H2,1-2H3,(H,33,34)/b32-22+. The number of ether oxygens (including phenoxy) is 4. The number of unbranched alkanes of at least 4 members (excludes halogenated alkanes) is 5. The topological polar surface area (TPSA) is 78.4 Å². The fraction of sp³-hybridized carbons (Fsp3) is 0.355. The summed E-state index contributed by atoms with van der Waals surface area (Å²) in [4.78, 5) is 12.2. The summed E-state index contributed by atoms with van der Waals surface area (Å²) in [5.41, 5.74) is 4.22. The van der Waals surface area contributed by atoms with Crippen LogP contribution in [0.3, 0.4) is 0 Å². The number of para-hydroxylation sites is 1. The molecule has 0 bridgehead atoms. The van der Waals surface area contributed by atoms with E-state index >= 15 is 0 Å². The van der Waals surface area contributed by atoms with Crippen molar-refractivity contribution in [2.75, 3.05) is 20.3 Å². The van der Waals surface area contributed by atoms with E-state index in [1.165, 1.54) is 32.1 Å². The first kappa shape index (κ1) is 28.6. The highest BCUT2D eigenvalue weighted by Crippen LogP contribution is 2.20. The van der Waals surface area contributed by atoms with Gasteiger partial charge in [0.25, 0.3) is 5.91 Å². The first-order chi connectivity index (χ1) is 18.7. The first-order valence-electron chi connectivity index (χ1n) is 13.2. The lowest BCUT2D eigenvalue weighted by Crippen LogP contribution is -2.24. The number of carbonyl (C=O) groups excluding carboxylic acids is 1. The number of nitrogens with one attached hydrogen (secondary N) is 1. The van der Waals surface area contributed by atoms with Crippen molar-refractivity contribution in [3.05, 3.63) is 83.9 Å². The Hall–Kier alpha value is -4.00. The molecule has 0 saturated heterocycles. The minimum atomic E-state index is -0.362. The normalized spacial score (nSPS) is 10.8. The summed E-state index contributed by atoms with van der Waals surface area (Å²) in [7, 11) is 1.63. The highest BCUT2D eigenvalue weighted by molar-refractivity contribution is 5.85. The maximum atomic E-state index is 12.2. The van der Waals surface area contributed by atoms with Gasteiger partial charge in [0.15, 0.2) is 6.61 Å². The second-order valence-corrected chi connectivity index (χ2v) is 8.85. The van der Waals surface area contributed by atoms with Crippen molar-refractivity contribution in [3.63, 3.8) is 0 Å². The summed E-state index contributed by atoms with van der Waals surface area (Å²) in [5.74, 6) is 2.46. The number of methoxy groups -OCH3 is 1. The summed E-state index contributed by atoms with van der Waals surface area (Å²) in [6, 6.07) is 22.5. The molecule has 1 N–H and O–H groups in total. The molecular weight excluding hydrogens is 480 g/mol. The summed E-state index contributed by atoms with van der Waals surface area (Å²) in [5, 5.41) is 4.05. The molecule has 0 saturated carbocycles. The van der Waals surface area contributed by atoms with Gasteiger partial charge in [0.2, 0.25) is 0 Å². The van der Waals surface area contributed by atoms with E-state index in [4.69, 9.17) is 18.9 Å². The van der Waals surface area contributed by atoms with Crippen molar-refractivity contribution in [1.82, 2.24) is 5.43 Å². The molecule has 0 aliphatic carbocycles. The van der Waals surface area contributed by atoms with Crippen molar-refractivity contribution in [2.45, 2.75) is 52.1 Å². The third-order valence-electron chi connectivity index (χ3n) is 5.80. The van der Waals surface area contributed by atoms with Crippen LogP contribution in [0.1, 0.15) is 56.6 Å². The van der Waals surface area contributed by atoms with Gasteiger partial charge in [-0.05, 0) is 60.5 Å². The highest BCUT2D eigenvalue weighted by Gasteiger charge is 2.05. The Bertz CT molecular complexity index is 1130. The fourth-order valence-electron chi connectivity index (χ4n) is 3.70. The second kappa shape index (κ2) is 16.7. The van der Waals surface area contributed by atoms with Crippen LogP contribution < -0.4 is 24.4 Å².